The number of ether oxygens (including phenoxy) is 2. The Morgan fingerprint density at radius 3 is 2.46 bits per heavy atom. The van der Waals surface area contributed by atoms with Crippen molar-refractivity contribution in [1.29, 1.82) is 0 Å². The van der Waals surface area contributed by atoms with Gasteiger partial charge in [0.25, 0.3) is 0 Å². The van der Waals surface area contributed by atoms with Crippen LogP contribution in [0.2, 0.25) is 0 Å². The summed E-state index contributed by atoms with van der Waals surface area (Å²) in [6.07, 6.45) is -4.00. The topological polar surface area (TPSA) is 79.2 Å². The standard InChI is InChI=1S/C7H13ClO5/c1-12-7-4(8)6(11)5(10)3(2-9)13-7/h3-7,9-11H,2H2,1H3/t3-,4-,5-,6+,7+/m0/s1. The first kappa shape index (κ1) is 11.2. The SMILES string of the molecule is CO[C@@H]1O[C@@H](CO)[C@H](O)[C@H](O)[C@@H]1Cl. The minimum Gasteiger partial charge on any atom is -0.394 e. The van der Waals surface area contributed by atoms with Crippen molar-refractivity contribution in [2.24, 2.45) is 0 Å². The molecule has 0 bridgehead atoms. The highest BCUT2D eigenvalue weighted by Crippen LogP contribution is 2.25. The first-order valence-corrected chi connectivity index (χ1v) is 4.34. The van der Waals surface area contributed by atoms with Gasteiger partial charge in [0, 0.05) is 7.11 Å². The lowest BCUT2D eigenvalue weighted by Gasteiger charge is -2.38. The van der Waals surface area contributed by atoms with Gasteiger partial charge in [-0.1, -0.05) is 0 Å². The van der Waals surface area contributed by atoms with Gasteiger partial charge in [-0.05, 0) is 0 Å². The van der Waals surface area contributed by atoms with Crippen LogP contribution in [0.15, 0.2) is 0 Å². The molecule has 1 saturated heterocycles. The second-order valence-electron chi connectivity index (χ2n) is 2.89. The Morgan fingerprint density at radius 1 is 1.38 bits per heavy atom. The van der Waals surface area contributed by atoms with Crippen molar-refractivity contribution in [3.05, 3.63) is 0 Å². The van der Waals surface area contributed by atoms with Gasteiger partial charge in [-0.25, -0.2) is 0 Å². The molecule has 5 nitrogen and oxygen atoms in total. The van der Waals surface area contributed by atoms with Crippen molar-refractivity contribution >= 4 is 11.6 Å². The van der Waals surface area contributed by atoms with Crippen LogP contribution in [0.5, 0.6) is 0 Å². The Labute approximate surface area is 80.8 Å². The lowest BCUT2D eigenvalue weighted by Crippen LogP contribution is -2.57. The van der Waals surface area contributed by atoms with Gasteiger partial charge in [0.05, 0.1) is 6.61 Å². The summed E-state index contributed by atoms with van der Waals surface area (Å²) in [5.41, 5.74) is 0. The molecule has 6 heteroatoms. The molecule has 0 aromatic rings. The van der Waals surface area contributed by atoms with Crippen LogP contribution in [-0.4, -0.2) is 59.0 Å². The zero-order valence-corrected chi connectivity index (χ0v) is 7.89. The first-order chi connectivity index (χ1) is 6.11. The highest BCUT2D eigenvalue weighted by Gasteiger charge is 2.43. The number of alkyl halides is 1. The first-order valence-electron chi connectivity index (χ1n) is 3.91. The molecule has 1 aliphatic heterocycles. The van der Waals surface area contributed by atoms with Crippen molar-refractivity contribution in [3.8, 4) is 0 Å². The molecule has 0 saturated carbocycles. The molecule has 78 valence electrons. The molecule has 0 aliphatic carbocycles. The Kier molecular flexibility index (Phi) is 3.90. The maximum atomic E-state index is 9.40. The number of halogens is 1. The van der Waals surface area contributed by atoms with Crippen molar-refractivity contribution in [3.63, 3.8) is 0 Å². The van der Waals surface area contributed by atoms with Gasteiger partial charge >= 0.3 is 0 Å². The molecule has 0 aromatic heterocycles. The van der Waals surface area contributed by atoms with Crippen LogP contribution >= 0.6 is 11.6 Å². The van der Waals surface area contributed by atoms with Crippen LogP contribution in [0.25, 0.3) is 0 Å². The van der Waals surface area contributed by atoms with Gasteiger partial charge in [0.15, 0.2) is 6.29 Å². The Bertz CT molecular complexity index is 147. The molecule has 1 heterocycles. The van der Waals surface area contributed by atoms with E-state index in [4.69, 9.17) is 26.2 Å². The average Bonchev–Trinajstić information content (AvgIpc) is 2.15. The van der Waals surface area contributed by atoms with Gasteiger partial charge < -0.3 is 24.8 Å². The summed E-state index contributed by atoms with van der Waals surface area (Å²) >= 11 is 5.71. The number of hydrogen-bond donors (Lipinski definition) is 3. The van der Waals surface area contributed by atoms with E-state index in [9.17, 15) is 10.2 Å². The summed E-state index contributed by atoms with van der Waals surface area (Å²) in [6, 6.07) is 0. The molecule has 1 fully saturated rings. The molecule has 0 spiro atoms. The van der Waals surface area contributed by atoms with Crippen molar-refractivity contribution in [2.75, 3.05) is 13.7 Å². The molecular weight excluding hydrogens is 200 g/mol. The van der Waals surface area contributed by atoms with Crippen LogP contribution < -0.4 is 0 Å². The Hall–Kier alpha value is 0.0900. The van der Waals surface area contributed by atoms with Crippen LogP contribution in [0.4, 0.5) is 0 Å². The summed E-state index contributed by atoms with van der Waals surface area (Å²) in [5.74, 6) is 0. The van der Waals surface area contributed by atoms with E-state index in [1.54, 1.807) is 0 Å². The van der Waals surface area contributed by atoms with Crippen LogP contribution in [0, 0.1) is 0 Å². The van der Waals surface area contributed by atoms with E-state index in [-0.39, 0.29) is 6.61 Å². The Balaban J connectivity index is 2.66. The predicted molar refractivity (Wildman–Crippen MR) is 44.4 cm³/mol. The lowest BCUT2D eigenvalue weighted by atomic mass is 10.0. The van der Waals surface area contributed by atoms with Gasteiger partial charge in [-0.15, -0.1) is 11.6 Å². The lowest BCUT2D eigenvalue weighted by molar-refractivity contribution is -0.245. The number of methoxy groups -OCH3 is 1. The quantitative estimate of drug-likeness (QED) is 0.495. The minimum absolute atomic E-state index is 0.387. The highest BCUT2D eigenvalue weighted by atomic mass is 35.5. The third-order valence-electron chi connectivity index (χ3n) is 2.04. The zero-order chi connectivity index (χ0) is 10.0. The molecule has 1 aliphatic rings. The fourth-order valence-electron chi connectivity index (χ4n) is 1.23. The van der Waals surface area contributed by atoms with Crippen molar-refractivity contribution in [1.82, 2.24) is 0 Å². The minimum atomic E-state index is -1.18. The molecule has 0 amide bonds. The summed E-state index contributed by atoms with van der Waals surface area (Å²) in [4.78, 5) is 0. The van der Waals surface area contributed by atoms with Crippen molar-refractivity contribution < 1.29 is 24.8 Å². The van der Waals surface area contributed by atoms with Crippen molar-refractivity contribution in [2.45, 2.75) is 30.0 Å². The predicted octanol–water partition coefficient (Wildman–Crippen LogP) is -1.32. The highest BCUT2D eigenvalue weighted by molar-refractivity contribution is 6.21. The summed E-state index contributed by atoms with van der Waals surface area (Å²) < 4.78 is 9.88. The summed E-state index contributed by atoms with van der Waals surface area (Å²) in [7, 11) is 1.37. The monoisotopic (exact) mass is 212 g/mol. The van der Waals surface area contributed by atoms with E-state index in [0.29, 0.717) is 0 Å². The maximum Gasteiger partial charge on any atom is 0.176 e. The van der Waals surface area contributed by atoms with Gasteiger partial charge in [-0.2, -0.15) is 0 Å². The normalized spacial score (nSPS) is 46.4. The molecule has 0 radical (unpaired) electrons. The number of hydrogen-bond acceptors (Lipinski definition) is 5. The molecule has 0 unspecified atom stereocenters. The fraction of sp³-hybridized carbons (Fsp3) is 1.00. The third kappa shape index (κ3) is 2.12. The summed E-state index contributed by atoms with van der Waals surface area (Å²) in [6.45, 7) is -0.387. The molecular formula is C7H13ClO5. The van der Waals surface area contributed by atoms with Crippen LogP contribution in [0.3, 0.4) is 0 Å². The number of aliphatic hydroxyl groups excluding tert-OH is 3. The van der Waals surface area contributed by atoms with E-state index >= 15 is 0 Å². The smallest absolute Gasteiger partial charge is 0.176 e. The zero-order valence-electron chi connectivity index (χ0n) is 7.13. The summed E-state index contributed by atoms with van der Waals surface area (Å²) in [5, 5.41) is 26.7. The maximum absolute atomic E-state index is 9.40. The average molecular weight is 213 g/mol. The van der Waals surface area contributed by atoms with Gasteiger partial charge in [-0.3, -0.25) is 0 Å². The van der Waals surface area contributed by atoms with Gasteiger partial charge in [0.1, 0.15) is 23.7 Å². The molecule has 13 heavy (non-hydrogen) atoms. The molecule has 3 N–H and O–H groups in total. The van der Waals surface area contributed by atoms with E-state index in [1.807, 2.05) is 0 Å². The van der Waals surface area contributed by atoms with E-state index in [1.165, 1.54) is 7.11 Å². The van der Waals surface area contributed by atoms with Crippen LogP contribution in [0.1, 0.15) is 0 Å². The fourth-order valence-corrected chi connectivity index (χ4v) is 1.55. The second-order valence-corrected chi connectivity index (χ2v) is 3.39. The van der Waals surface area contributed by atoms with Crippen LogP contribution in [-0.2, 0) is 9.47 Å². The van der Waals surface area contributed by atoms with Gasteiger partial charge in [0.2, 0.25) is 0 Å². The molecule has 0 aromatic carbocycles. The molecule has 5 atom stereocenters. The largest absolute Gasteiger partial charge is 0.394 e. The van der Waals surface area contributed by atoms with E-state index in [2.05, 4.69) is 0 Å². The number of rotatable bonds is 2. The molecule has 1 rings (SSSR count). The van der Waals surface area contributed by atoms with E-state index < -0.39 is 30.0 Å². The Morgan fingerprint density at radius 2 is 2.00 bits per heavy atom. The van der Waals surface area contributed by atoms with E-state index in [0.717, 1.165) is 0 Å². The number of aliphatic hydroxyl groups is 3. The third-order valence-corrected chi connectivity index (χ3v) is 2.50. The second kappa shape index (κ2) is 4.54.